The van der Waals surface area contributed by atoms with Gasteiger partial charge in [-0.2, -0.15) is 5.10 Å². The number of carbonyl (C=O) groups is 1. The van der Waals surface area contributed by atoms with Crippen LogP contribution in [0.1, 0.15) is 12.5 Å². The number of carbonyl (C=O) groups excluding carboxylic acids is 1. The van der Waals surface area contributed by atoms with Crippen molar-refractivity contribution in [3.63, 3.8) is 0 Å². The fourth-order valence-corrected chi connectivity index (χ4v) is 3.12. The van der Waals surface area contributed by atoms with Crippen LogP contribution in [0.4, 0.5) is 5.69 Å². The van der Waals surface area contributed by atoms with Crippen LogP contribution in [-0.4, -0.2) is 20.1 Å². The normalized spacial score (nSPS) is 10.9. The zero-order valence-corrected chi connectivity index (χ0v) is 15.5. The highest BCUT2D eigenvalue weighted by Crippen LogP contribution is 2.17. The number of aromatic nitrogens is 3. The van der Waals surface area contributed by atoms with Crippen molar-refractivity contribution in [3.05, 3.63) is 89.0 Å². The first-order valence-electron chi connectivity index (χ1n) is 9.17. The second-order valence-corrected chi connectivity index (χ2v) is 6.56. The Morgan fingerprint density at radius 1 is 1.04 bits per heavy atom. The zero-order chi connectivity index (χ0) is 19.5. The maximum Gasteiger partial charge on any atom is 0.277 e. The number of hydrogen-bond donors (Lipinski definition) is 1. The summed E-state index contributed by atoms with van der Waals surface area (Å²) in [5.74, 6) is -0.248. The highest BCUT2D eigenvalue weighted by Gasteiger charge is 2.11. The van der Waals surface area contributed by atoms with Crippen molar-refractivity contribution in [1.29, 1.82) is 0 Å². The van der Waals surface area contributed by atoms with E-state index in [-0.39, 0.29) is 18.0 Å². The summed E-state index contributed by atoms with van der Waals surface area (Å²) >= 11 is 0. The van der Waals surface area contributed by atoms with E-state index in [1.807, 2.05) is 54.6 Å². The predicted octanol–water partition coefficient (Wildman–Crippen LogP) is 3.36. The molecular weight excluding hydrogens is 352 g/mol. The average Bonchev–Trinajstić information content (AvgIpc) is 3.16. The van der Waals surface area contributed by atoms with Crippen LogP contribution in [0, 0.1) is 0 Å². The van der Waals surface area contributed by atoms with Gasteiger partial charge in [-0.3, -0.25) is 9.59 Å². The largest absolute Gasteiger partial charge is 0.325 e. The number of nitrogens with zero attached hydrogens (tertiary/aromatic N) is 3. The minimum absolute atomic E-state index is 0.0580. The van der Waals surface area contributed by atoms with Crippen LogP contribution >= 0.6 is 0 Å². The lowest BCUT2D eigenvalue weighted by Gasteiger charge is -2.08. The third-order valence-electron chi connectivity index (χ3n) is 4.61. The van der Waals surface area contributed by atoms with Crippen molar-refractivity contribution in [2.45, 2.75) is 19.9 Å². The number of rotatable bonds is 5. The summed E-state index contributed by atoms with van der Waals surface area (Å²) in [5.41, 5.74) is 3.71. The fraction of sp³-hybridized carbons (Fsp3) is 0.136. The van der Waals surface area contributed by atoms with Gasteiger partial charge in [0.2, 0.25) is 5.91 Å². The number of aryl methyl sites for hydroxylation is 1. The molecule has 4 rings (SSSR count). The molecule has 28 heavy (non-hydrogen) atoms. The number of nitrogens with one attached hydrogen (secondary N) is 1. The monoisotopic (exact) mass is 372 g/mol. The molecule has 0 aliphatic rings. The van der Waals surface area contributed by atoms with Gasteiger partial charge in [0.1, 0.15) is 12.1 Å². The topological polar surface area (TPSA) is 68.4 Å². The first-order chi connectivity index (χ1) is 13.6. The Hall–Kier alpha value is -3.67. The van der Waals surface area contributed by atoms with Crippen LogP contribution in [0.2, 0.25) is 0 Å². The number of fused-ring (bicyclic) bond motifs is 1. The molecule has 0 spiro atoms. The first kappa shape index (κ1) is 17.7. The van der Waals surface area contributed by atoms with Gasteiger partial charge in [0.25, 0.3) is 5.56 Å². The number of hydrogen-bond acceptors (Lipinski definition) is 3. The Morgan fingerprint density at radius 2 is 1.86 bits per heavy atom. The standard InChI is InChI=1S/C22H20N4O2/c1-2-16-7-6-10-18(13-16)23-21(27)15-25-11-12-26-20(22(25)28)14-19(24-26)17-8-4-3-5-9-17/h3-14H,2,15H2,1H3,(H,23,27). The molecular formula is C22H20N4O2. The van der Waals surface area contributed by atoms with Crippen molar-refractivity contribution < 1.29 is 4.79 Å². The minimum Gasteiger partial charge on any atom is -0.325 e. The Morgan fingerprint density at radius 3 is 2.64 bits per heavy atom. The van der Waals surface area contributed by atoms with E-state index in [4.69, 9.17) is 0 Å². The van der Waals surface area contributed by atoms with Gasteiger partial charge in [-0.25, -0.2) is 4.52 Å². The molecule has 0 saturated heterocycles. The lowest BCUT2D eigenvalue weighted by molar-refractivity contribution is -0.116. The molecule has 1 N–H and O–H groups in total. The van der Waals surface area contributed by atoms with Crippen molar-refractivity contribution in [2.24, 2.45) is 0 Å². The molecule has 0 aliphatic carbocycles. The molecule has 140 valence electrons. The molecule has 6 heteroatoms. The predicted molar refractivity (Wildman–Crippen MR) is 109 cm³/mol. The van der Waals surface area contributed by atoms with Gasteiger partial charge in [0.05, 0.1) is 5.69 Å². The summed E-state index contributed by atoms with van der Waals surface area (Å²) in [5, 5.41) is 7.30. The van der Waals surface area contributed by atoms with E-state index in [0.29, 0.717) is 5.52 Å². The van der Waals surface area contributed by atoms with Gasteiger partial charge < -0.3 is 9.88 Å². The van der Waals surface area contributed by atoms with Crippen molar-refractivity contribution in [2.75, 3.05) is 5.32 Å². The first-order valence-corrected chi connectivity index (χ1v) is 9.17. The molecule has 2 heterocycles. The molecule has 1 amide bonds. The van der Waals surface area contributed by atoms with Gasteiger partial charge >= 0.3 is 0 Å². The van der Waals surface area contributed by atoms with Gasteiger partial charge in [-0.1, -0.05) is 49.4 Å². The number of amides is 1. The second kappa shape index (κ2) is 7.52. The molecule has 0 aliphatic heterocycles. The maximum absolute atomic E-state index is 12.8. The van der Waals surface area contributed by atoms with Crippen LogP contribution in [0.15, 0.2) is 77.9 Å². The molecule has 0 atom stereocenters. The highest BCUT2D eigenvalue weighted by atomic mass is 16.2. The lowest BCUT2D eigenvalue weighted by atomic mass is 10.1. The van der Waals surface area contributed by atoms with E-state index in [0.717, 1.165) is 28.9 Å². The van der Waals surface area contributed by atoms with Crippen molar-refractivity contribution in [1.82, 2.24) is 14.2 Å². The van der Waals surface area contributed by atoms with E-state index in [9.17, 15) is 9.59 Å². The zero-order valence-electron chi connectivity index (χ0n) is 15.5. The molecule has 0 saturated carbocycles. The van der Waals surface area contributed by atoms with E-state index in [1.165, 1.54) is 4.57 Å². The molecule has 0 fully saturated rings. The third-order valence-corrected chi connectivity index (χ3v) is 4.61. The van der Waals surface area contributed by atoms with Crippen LogP contribution in [-0.2, 0) is 17.8 Å². The minimum atomic E-state index is -0.255. The quantitative estimate of drug-likeness (QED) is 0.584. The van der Waals surface area contributed by atoms with Gasteiger partial charge in [-0.05, 0) is 30.2 Å². The Kier molecular flexibility index (Phi) is 4.76. The summed E-state index contributed by atoms with van der Waals surface area (Å²) < 4.78 is 2.94. The van der Waals surface area contributed by atoms with E-state index < -0.39 is 0 Å². The smallest absolute Gasteiger partial charge is 0.277 e. The van der Waals surface area contributed by atoms with E-state index in [2.05, 4.69) is 17.3 Å². The SMILES string of the molecule is CCc1cccc(NC(=O)Cn2ccn3nc(-c4ccccc4)cc3c2=O)c1. The van der Waals surface area contributed by atoms with Gasteiger partial charge in [0.15, 0.2) is 0 Å². The van der Waals surface area contributed by atoms with Crippen LogP contribution in [0.5, 0.6) is 0 Å². The van der Waals surface area contributed by atoms with Crippen molar-refractivity contribution >= 4 is 17.1 Å². The molecule has 4 aromatic rings. The van der Waals surface area contributed by atoms with Crippen LogP contribution in [0.3, 0.4) is 0 Å². The Labute approximate surface area is 162 Å². The van der Waals surface area contributed by atoms with Crippen LogP contribution < -0.4 is 10.9 Å². The Balaban J connectivity index is 1.58. The fourth-order valence-electron chi connectivity index (χ4n) is 3.12. The highest BCUT2D eigenvalue weighted by molar-refractivity contribution is 5.90. The number of benzene rings is 2. The Bertz CT molecular complexity index is 1190. The van der Waals surface area contributed by atoms with E-state index in [1.54, 1.807) is 23.0 Å². The maximum atomic E-state index is 12.8. The summed E-state index contributed by atoms with van der Waals surface area (Å²) in [7, 11) is 0. The molecule has 0 bridgehead atoms. The molecule has 6 nitrogen and oxygen atoms in total. The average molecular weight is 372 g/mol. The molecule has 2 aromatic heterocycles. The summed E-state index contributed by atoms with van der Waals surface area (Å²) in [6.07, 6.45) is 4.16. The summed E-state index contributed by atoms with van der Waals surface area (Å²) in [6, 6.07) is 19.1. The second-order valence-electron chi connectivity index (χ2n) is 6.56. The number of anilines is 1. The molecule has 2 aromatic carbocycles. The lowest BCUT2D eigenvalue weighted by Crippen LogP contribution is -2.28. The van der Waals surface area contributed by atoms with Gasteiger partial charge in [-0.15, -0.1) is 0 Å². The molecule has 0 radical (unpaired) electrons. The third kappa shape index (κ3) is 3.57. The van der Waals surface area contributed by atoms with E-state index >= 15 is 0 Å². The summed E-state index contributed by atoms with van der Waals surface area (Å²) in [4.78, 5) is 25.2. The summed E-state index contributed by atoms with van der Waals surface area (Å²) in [6.45, 7) is 2.00. The van der Waals surface area contributed by atoms with Crippen molar-refractivity contribution in [3.8, 4) is 11.3 Å². The van der Waals surface area contributed by atoms with Crippen LogP contribution in [0.25, 0.3) is 16.8 Å². The van der Waals surface area contributed by atoms with Gasteiger partial charge in [0, 0.05) is 23.6 Å². The molecule has 0 unspecified atom stereocenters.